The lowest BCUT2D eigenvalue weighted by atomic mass is 10.0. The maximum Gasteiger partial charge on any atom is 0.0605 e. The second kappa shape index (κ2) is 5.76. The van der Waals surface area contributed by atoms with Crippen LogP contribution in [0.15, 0.2) is 42.6 Å². The fourth-order valence-corrected chi connectivity index (χ4v) is 3.07. The molecule has 2 nitrogen and oxygen atoms in total. The fourth-order valence-electron chi connectivity index (χ4n) is 3.07. The molecule has 2 aromatic rings. The Hall–Kier alpha value is -1.67. The van der Waals surface area contributed by atoms with Gasteiger partial charge >= 0.3 is 0 Å². The SMILES string of the molecule is CCC(NC1CCc2cccnc21)c1ccc(C)cc1. The number of nitrogens with one attached hydrogen (secondary N) is 1. The summed E-state index contributed by atoms with van der Waals surface area (Å²) in [5.41, 5.74) is 5.35. The van der Waals surface area contributed by atoms with Gasteiger partial charge in [0.1, 0.15) is 0 Å². The lowest BCUT2D eigenvalue weighted by Gasteiger charge is -2.22. The first kappa shape index (κ1) is 13.3. The molecule has 1 aliphatic rings. The zero-order valence-corrected chi connectivity index (χ0v) is 12.3. The van der Waals surface area contributed by atoms with Gasteiger partial charge in [0.25, 0.3) is 0 Å². The predicted octanol–water partition coefficient (Wildman–Crippen LogP) is 4.12. The standard InChI is InChI=1S/C18H22N2/c1-3-16(14-8-6-13(2)7-9-14)20-17-11-10-15-5-4-12-19-18(15)17/h4-9,12,16-17,20H,3,10-11H2,1-2H3. The van der Waals surface area contributed by atoms with E-state index < -0.39 is 0 Å². The number of aryl methyl sites for hydroxylation is 2. The average Bonchev–Trinajstić information content (AvgIpc) is 2.89. The molecule has 0 aliphatic heterocycles. The van der Waals surface area contributed by atoms with Gasteiger partial charge in [0.2, 0.25) is 0 Å². The van der Waals surface area contributed by atoms with Crippen LogP contribution in [0.1, 0.15) is 54.2 Å². The summed E-state index contributed by atoms with van der Waals surface area (Å²) in [6.07, 6.45) is 5.31. The van der Waals surface area contributed by atoms with Crippen molar-refractivity contribution in [2.45, 2.75) is 45.2 Å². The van der Waals surface area contributed by atoms with Crippen molar-refractivity contribution in [3.63, 3.8) is 0 Å². The highest BCUT2D eigenvalue weighted by Gasteiger charge is 2.25. The quantitative estimate of drug-likeness (QED) is 0.900. The molecule has 1 heterocycles. The van der Waals surface area contributed by atoms with Crippen LogP contribution in [0.4, 0.5) is 0 Å². The average molecular weight is 266 g/mol. The van der Waals surface area contributed by atoms with Crippen molar-refractivity contribution in [2.75, 3.05) is 0 Å². The molecule has 104 valence electrons. The molecular weight excluding hydrogens is 244 g/mol. The van der Waals surface area contributed by atoms with Crippen molar-refractivity contribution in [3.05, 3.63) is 65.0 Å². The normalized spacial score (nSPS) is 18.8. The number of hydrogen-bond acceptors (Lipinski definition) is 2. The highest BCUT2D eigenvalue weighted by Crippen LogP contribution is 2.32. The van der Waals surface area contributed by atoms with E-state index in [0.29, 0.717) is 12.1 Å². The maximum atomic E-state index is 4.57. The number of benzene rings is 1. The monoisotopic (exact) mass is 266 g/mol. The zero-order valence-electron chi connectivity index (χ0n) is 12.3. The summed E-state index contributed by atoms with van der Waals surface area (Å²) in [7, 11) is 0. The fraction of sp³-hybridized carbons (Fsp3) is 0.389. The van der Waals surface area contributed by atoms with E-state index in [2.05, 4.69) is 54.5 Å². The number of aromatic nitrogens is 1. The topological polar surface area (TPSA) is 24.9 Å². The van der Waals surface area contributed by atoms with Crippen molar-refractivity contribution >= 4 is 0 Å². The molecule has 1 aromatic carbocycles. The van der Waals surface area contributed by atoms with Gasteiger partial charge in [0.05, 0.1) is 11.7 Å². The number of rotatable bonds is 4. The van der Waals surface area contributed by atoms with E-state index in [0.717, 1.165) is 19.3 Å². The van der Waals surface area contributed by atoms with Gasteiger partial charge in [0.15, 0.2) is 0 Å². The number of pyridine rings is 1. The molecular formula is C18H22N2. The molecule has 0 spiro atoms. The molecule has 2 heteroatoms. The van der Waals surface area contributed by atoms with E-state index in [1.54, 1.807) is 0 Å². The first-order valence-electron chi connectivity index (χ1n) is 7.54. The van der Waals surface area contributed by atoms with Crippen LogP contribution >= 0.6 is 0 Å². The molecule has 2 atom stereocenters. The molecule has 0 bridgehead atoms. The van der Waals surface area contributed by atoms with E-state index in [1.807, 2.05) is 12.3 Å². The van der Waals surface area contributed by atoms with Gasteiger partial charge < -0.3 is 5.32 Å². The Kier molecular flexibility index (Phi) is 3.83. The van der Waals surface area contributed by atoms with Gasteiger partial charge in [-0.05, 0) is 43.4 Å². The Morgan fingerprint density at radius 3 is 2.80 bits per heavy atom. The van der Waals surface area contributed by atoms with Gasteiger partial charge in [-0.15, -0.1) is 0 Å². The van der Waals surface area contributed by atoms with Crippen molar-refractivity contribution in [1.29, 1.82) is 0 Å². The Morgan fingerprint density at radius 1 is 1.25 bits per heavy atom. The summed E-state index contributed by atoms with van der Waals surface area (Å²) in [5, 5.41) is 3.80. The van der Waals surface area contributed by atoms with Crippen molar-refractivity contribution < 1.29 is 0 Å². The molecule has 0 amide bonds. The zero-order chi connectivity index (χ0) is 13.9. The highest BCUT2D eigenvalue weighted by atomic mass is 15.0. The highest BCUT2D eigenvalue weighted by molar-refractivity contribution is 5.29. The molecule has 0 radical (unpaired) electrons. The molecule has 1 N–H and O–H groups in total. The molecule has 20 heavy (non-hydrogen) atoms. The van der Waals surface area contributed by atoms with E-state index in [1.165, 1.54) is 22.4 Å². The summed E-state index contributed by atoms with van der Waals surface area (Å²) in [4.78, 5) is 4.57. The Morgan fingerprint density at radius 2 is 2.05 bits per heavy atom. The second-order valence-electron chi connectivity index (χ2n) is 5.68. The van der Waals surface area contributed by atoms with Gasteiger partial charge in [0, 0.05) is 12.2 Å². The van der Waals surface area contributed by atoms with Crippen LogP contribution < -0.4 is 5.32 Å². The molecule has 0 saturated carbocycles. The third-order valence-electron chi connectivity index (χ3n) is 4.25. The van der Waals surface area contributed by atoms with E-state index >= 15 is 0 Å². The molecule has 3 rings (SSSR count). The van der Waals surface area contributed by atoms with E-state index in [-0.39, 0.29) is 0 Å². The Bertz CT molecular complexity index is 574. The Balaban J connectivity index is 1.78. The summed E-state index contributed by atoms with van der Waals surface area (Å²) in [6, 6.07) is 13.9. The molecule has 0 saturated heterocycles. The van der Waals surface area contributed by atoms with Crippen LogP contribution in [0.5, 0.6) is 0 Å². The minimum Gasteiger partial charge on any atom is -0.302 e. The predicted molar refractivity (Wildman–Crippen MR) is 82.6 cm³/mol. The van der Waals surface area contributed by atoms with Crippen LogP contribution in [-0.4, -0.2) is 4.98 Å². The third kappa shape index (κ3) is 2.61. The molecule has 1 aromatic heterocycles. The summed E-state index contributed by atoms with van der Waals surface area (Å²) in [5.74, 6) is 0. The first-order valence-corrected chi connectivity index (χ1v) is 7.54. The molecule has 2 unspecified atom stereocenters. The summed E-state index contributed by atoms with van der Waals surface area (Å²) < 4.78 is 0. The van der Waals surface area contributed by atoms with Crippen molar-refractivity contribution in [1.82, 2.24) is 10.3 Å². The summed E-state index contributed by atoms with van der Waals surface area (Å²) in [6.45, 7) is 4.38. The molecule has 0 fully saturated rings. The van der Waals surface area contributed by atoms with Gasteiger partial charge in [-0.1, -0.05) is 42.8 Å². The number of hydrogen-bond donors (Lipinski definition) is 1. The minimum atomic E-state index is 0.400. The number of nitrogens with zero attached hydrogens (tertiary/aromatic N) is 1. The lowest BCUT2D eigenvalue weighted by Crippen LogP contribution is -2.25. The maximum absolute atomic E-state index is 4.57. The summed E-state index contributed by atoms with van der Waals surface area (Å²) >= 11 is 0. The largest absolute Gasteiger partial charge is 0.302 e. The molecule has 1 aliphatic carbocycles. The second-order valence-corrected chi connectivity index (χ2v) is 5.68. The van der Waals surface area contributed by atoms with Crippen LogP contribution in [0.3, 0.4) is 0 Å². The smallest absolute Gasteiger partial charge is 0.0605 e. The van der Waals surface area contributed by atoms with Gasteiger partial charge in [-0.25, -0.2) is 0 Å². The van der Waals surface area contributed by atoms with Crippen LogP contribution in [0.25, 0.3) is 0 Å². The van der Waals surface area contributed by atoms with E-state index in [4.69, 9.17) is 0 Å². The first-order chi connectivity index (χ1) is 9.78. The third-order valence-corrected chi connectivity index (χ3v) is 4.25. The lowest BCUT2D eigenvalue weighted by molar-refractivity contribution is 0.428. The van der Waals surface area contributed by atoms with Gasteiger partial charge in [-0.3, -0.25) is 4.98 Å². The van der Waals surface area contributed by atoms with E-state index in [9.17, 15) is 0 Å². The van der Waals surface area contributed by atoms with Crippen LogP contribution in [-0.2, 0) is 6.42 Å². The van der Waals surface area contributed by atoms with Crippen molar-refractivity contribution in [2.24, 2.45) is 0 Å². The Labute approximate surface area is 121 Å². The number of fused-ring (bicyclic) bond motifs is 1. The van der Waals surface area contributed by atoms with Crippen LogP contribution in [0.2, 0.25) is 0 Å². The van der Waals surface area contributed by atoms with Gasteiger partial charge in [-0.2, -0.15) is 0 Å². The van der Waals surface area contributed by atoms with Crippen molar-refractivity contribution in [3.8, 4) is 0 Å². The van der Waals surface area contributed by atoms with Crippen LogP contribution in [0, 0.1) is 6.92 Å². The minimum absolute atomic E-state index is 0.400.